The van der Waals surface area contributed by atoms with Gasteiger partial charge in [0.05, 0.1) is 13.2 Å². The number of anilines is 1. The molecule has 6 nitrogen and oxygen atoms in total. The van der Waals surface area contributed by atoms with E-state index >= 15 is 0 Å². The van der Waals surface area contributed by atoms with Gasteiger partial charge in [0, 0.05) is 17.0 Å². The van der Waals surface area contributed by atoms with Crippen LogP contribution >= 0.6 is 11.3 Å². The first-order valence-electron chi connectivity index (χ1n) is 9.96. The third kappa shape index (κ3) is 6.13. The summed E-state index contributed by atoms with van der Waals surface area (Å²) in [6.07, 6.45) is 0. The molecule has 0 bridgehead atoms. The molecular formula is C22H31N3O3S. The largest absolute Gasteiger partial charge is 0.462 e. The van der Waals surface area contributed by atoms with Crippen molar-refractivity contribution in [1.29, 1.82) is 0 Å². The molecule has 0 spiro atoms. The summed E-state index contributed by atoms with van der Waals surface area (Å²) in [5, 5.41) is 3.52. The van der Waals surface area contributed by atoms with Gasteiger partial charge in [-0.05, 0) is 39.7 Å². The van der Waals surface area contributed by atoms with Gasteiger partial charge >= 0.3 is 5.97 Å². The summed E-state index contributed by atoms with van der Waals surface area (Å²) in [5.41, 5.74) is 2.21. The Morgan fingerprint density at radius 1 is 1.07 bits per heavy atom. The van der Waals surface area contributed by atoms with Crippen LogP contribution in [0, 0.1) is 0 Å². The second-order valence-corrected chi connectivity index (χ2v) is 8.04. The zero-order chi connectivity index (χ0) is 21.4. The van der Waals surface area contributed by atoms with Crippen LogP contribution < -0.4 is 5.32 Å². The third-order valence-corrected chi connectivity index (χ3v) is 5.59. The minimum atomic E-state index is -0.411. The number of carbonyl (C=O) groups is 2. The van der Waals surface area contributed by atoms with Gasteiger partial charge in [-0.2, -0.15) is 0 Å². The molecule has 0 aliphatic carbocycles. The van der Waals surface area contributed by atoms with Crippen molar-refractivity contribution >= 4 is 28.2 Å². The van der Waals surface area contributed by atoms with Crippen molar-refractivity contribution in [2.24, 2.45) is 0 Å². The van der Waals surface area contributed by atoms with E-state index in [1.54, 1.807) is 6.92 Å². The molecule has 158 valence electrons. The molecule has 0 aliphatic rings. The number of amides is 1. The zero-order valence-corrected chi connectivity index (χ0v) is 18.8. The maximum atomic E-state index is 12.9. The Labute approximate surface area is 177 Å². The maximum absolute atomic E-state index is 12.9. The predicted molar refractivity (Wildman–Crippen MR) is 120 cm³/mol. The number of rotatable bonds is 10. The van der Waals surface area contributed by atoms with Gasteiger partial charge in [-0.3, -0.25) is 9.69 Å². The van der Waals surface area contributed by atoms with Crippen LogP contribution in [0.1, 0.15) is 36.0 Å². The second-order valence-electron chi connectivity index (χ2n) is 6.94. The molecular weight excluding hydrogens is 386 g/mol. The normalized spacial score (nSPS) is 11.1. The second kappa shape index (κ2) is 11.1. The summed E-state index contributed by atoms with van der Waals surface area (Å²) in [7, 11) is 3.97. The quantitative estimate of drug-likeness (QED) is 0.594. The van der Waals surface area contributed by atoms with Crippen LogP contribution in [0.25, 0.3) is 11.1 Å². The lowest BCUT2D eigenvalue weighted by Gasteiger charge is -2.17. The van der Waals surface area contributed by atoms with Gasteiger partial charge in [0.25, 0.3) is 0 Å². The third-order valence-electron chi connectivity index (χ3n) is 4.50. The van der Waals surface area contributed by atoms with E-state index in [0.717, 1.165) is 29.1 Å². The number of esters is 1. The molecule has 0 saturated heterocycles. The topological polar surface area (TPSA) is 61.9 Å². The standard InChI is InChI=1S/C22H31N3O3S/c1-6-25(7-2)15-18(26)23-21-20(22(27)28-8-3)19(16-12-10-9-11-13-16)17(29-21)14-24(4)5/h9-13H,6-8,14-15H2,1-5H3,(H,23,26). The van der Waals surface area contributed by atoms with Crippen LogP contribution in [0.2, 0.25) is 0 Å². The summed E-state index contributed by atoms with van der Waals surface area (Å²) in [6.45, 7) is 8.64. The molecule has 1 N–H and O–H groups in total. The van der Waals surface area contributed by atoms with E-state index in [1.165, 1.54) is 11.3 Å². The molecule has 0 saturated carbocycles. The molecule has 1 heterocycles. The Morgan fingerprint density at radius 3 is 2.28 bits per heavy atom. The number of likely N-dealkylation sites (N-methyl/N-ethyl adjacent to an activating group) is 1. The monoisotopic (exact) mass is 417 g/mol. The van der Waals surface area contributed by atoms with Gasteiger partial charge < -0.3 is 15.0 Å². The van der Waals surface area contributed by atoms with Gasteiger partial charge in [0.1, 0.15) is 10.6 Å². The number of nitrogens with zero attached hydrogens (tertiary/aromatic N) is 2. The lowest BCUT2D eigenvalue weighted by Crippen LogP contribution is -2.33. The Bertz CT molecular complexity index is 814. The Hall–Kier alpha value is -2.22. The lowest BCUT2D eigenvalue weighted by molar-refractivity contribution is -0.117. The molecule has 2 aromatic rings. The first kappa shape index (κ1) is 23.1. The SMILES string of the molecule is CCOC(=O)c1c(NC(=O)CN(CC)CC)sc(CN(C)C)c1-c1ccccc1. The summed E-state index contributed by atoms with van der Waals surface area (Å²) >= 11 is 1.44. The summed E-state index contributed by atoms with van der Waals surface area (Å²) in [4.78, 5) is 30.6. The number of hydrogen-bond donors (Lipinski definition) is 1. The van der Waals surface area contributed by atoms with E-state index < -0.39 is 5.97 Å². The summed E-state index contributed by atoms with van der Waals surface area (Å²) < 4.78 is 5.35. The number of nitrogens with one attached hydrogen (secondary N) is 1. The molecule has 2 rings (SSSR count). The molecule has 29 heavy (non-hydrogen) atoms. The minimum absolute atomic E-state index is 0.128. The number of hydrogen-bond acceptors (Lipinski definition) is 6. The fourth-order valence-corrected chi connectivity index (χ4v) is 4.43. The number of carbonyl (C=O) groups excluding carboxylic acids is 2. The van der Waals surface area contributed by atoms with Gasteiger partial charge in [-0.1, -0.05) is 44.2 Å². The van der Waals surface area contributed by atoms with Gasteiger partial charge in [-0.25, -0.2) is 4.79 Å². The van der Waals surface area contributed by atoms with Crippen molar-refractivity contribution < 1.29 is 14.3 Å². The van der Waals surface area contributed by atoms with Crippen LogP contribution in [-0.4, -0.2) is 62.0 Å². The number of thiophene rings is 1. The molecule has 1 aromatic heterocycles. The average molecular weight is 418 g/mol. The summed E-state index contributed by atoms with van der Waals surface area (Å²) in [6, 6.07) is 9.79. The first-order valence-corrected chi connectivity index (χ1v) is 10.8. The van der Waals surface area contributed by atoms with E-state index in [9.17, 15) is 9.59 Å². The van der Waals surface area contributed by atoms with E-state index in [0.29, 0.717) is 17.1 Å². The smallest absolute Gasteiger partial charge is 0.341 e. The fraction of sp³-hybridized carbons (Fsp3) is 0.455. The highest BCUT2D eigenvalue weighted by atomic mass is 32.1. The summed E-state index contributed by atoms with van der Waals surface area (Å²) in [5.74, 6) is -0.540. The van der Waals surface area contributed by atoms with Crippen LogP contribution in [0.4, 0.5) is 5.00 Å². The van der Waals surface area contributed by atoms with Gasteiger partial charge in [0.2, 0.25) is 5.91 Å². The van der Waals surface area contributed by atoms with Crippen molar-refractivity contribution in [2.45, 2.75) is 27.3 Å². The average Bonchev–Trinajstić information content (AvgIpc) is 3.03. The molecule has 0 radical (unpaired) electrons. The van der Waals surface area contributed by atoms with E-state index in [2.05, 4.69) is 10.2 Å². The van der Waals surface area contributed by atoms with Crippen molar-refractivity contribution in [3.05, 3.63) is 40.8 Å². The minimum Gasteiger partial charge on any atom is -0.462 e. The zero-order valence-electron chi connectivity index (χ0n) is 17.9. The van der Waals surface area contributed by atoms with E-state index in [-0.39, 0.29) is 19.1 Å². The lowest BCUT2D eigenvalue weighted by atomic mass is 10.0. The van der Waals surface area contributed by atoms with Crippen molar-refractivity contribution in [3.63, 3.8) is 0 Å². The van der Waals surface area contributed by atoms with Gasteiger partial charge in [0.15, 0.2) is 0 Å². The van der Waals surface area contributed by atoms with Crippen LogP contribution in [0.3, 0.4) is 0 Å². The molecule has 1 amide bonds. The Morgan fingerprint density at radius 2 is 1.72 bits per heavy atom. The highest BCUT2D eigenvalue weighted by Crippen LogP contribution is 2.41. The van der Waals surface area contributed by atoms with Crippen LogP contribution in [0.5, 0.6) is 0 Å². The predicted octanol–water partition coefficient (Wildman–Crippen LogP) is 3.93. The van der Waals surface area contributed by atoms with Crippen LogP contribution in [0.15, 0.2) is 30.3 Å². The highest BCUT2D eigenvalue weighted by Gasteiger charge is 2.27. The molecule has 1 aromatic carbocycles. The molecule has 0 unspecified atom stereocenters. The van der Waals surface area contributed by atoms with Gasteiger partial charge in [-0.15, -0.1) is 11.3 Å². The maximum Gasteiger partial charge on any atom is 0.341 e. The number of ether oxygens (including phenoxy) is 1. The van der Waals surface area contributed by atoms with E-state index in [4.69, 9.17) is 4.74 Å². The molecule has 0 atom stereocenters. The van der Waals surface area contributed by atoms with E-state index in [1.807, 2.05) is 63.2 Å². The fourth-order valence-electron chi connectivity index (χ4n) is 3.09. The van der Waals surface area contributed by atoms with Crippen LogP contribution in [-0.2, 0) is 16.1 Å². The highest BCUT2D eigenvalue weighted by molar-refractivity contribution is 7.17. The molecule has 0 aliphatic heterocycles. The first-order chi connectivity index (χ1) is 13.9. The van der Waals surface area contributed by atoms with Crippen molar-refractivity contribution in [3.8, 4) is 11.1 Å². The number of benzene rings is 1. The Kier molecular flexibility index (Phi) is 8.82. The van der Waals surface area contributed by atoms with Crippen molar-refractivity contribution in [2.75, 3.05) is 45.7 Å². The molecule has 7 heteroatoms. The Balaban J connectivity index is 2.53. The van der Waals surface area contributed by atoms with Crippen molar-refractivity contribution in [1.82, 2.24) is 9.80 Å². The molecule has 0 fully saturated rings.